The molecule has 0 aliphatic heterocycles. The average molecular weight is 353 g/mol. The number of rotatable bonds is 2. The summed E-state index contributed by atoms with van der Waals surface area (Å²) in [6.45, 7) is 0. The lowest BCUT2D eigenvalue weighted by Gasteiger charge is -2.04. The monoisotopic (exact) mass is 351 g/mol. The van der Waals surface area contributed by atoms with Gasteiger partial charge in [0.15, 0.2) is 5.78 Å². The number of benzene rings is 2. The van der Waals surface area contributed by atoms with Crippen LogP contribution in [0.3, 0.4) is 0 Å². The molecule has 1 aromatic heterocycles. The third-order valence-corrected chi connectivity index (χ3v) is 3.97. The topological polar surface area (TPSA) is 32.9 Å². The molecule has 0 fully saturated rings. The number of ketones is 1. The summed E-state index contributed by atoms with van der Waals surface area (Å²) in [5.41, 5.74) is 1.35. The first-order valence-electron chi connectivity index (χ1n) is 5.83. The number of aromatic nitrogens is 1. The maximum atomic E-state index is 13.9. The normalized spacial score (nSPS) is 10.9. The second-order valence-electron chi connectivity index (χ2n) is 4.32. The molecule has 0 aliphatic rings. The summed E-state index contributed by atoms with van der Waals surface area (Å²) in [5, 5.41) is 0.831. The lowest BCUT2D eigenvalue weighted by atomic mass is 10.0. The number of nitrogens with one attached hydrogen (secondary N) is 1. The SMILES string of the molecule is O=C(c1ccc(Cl)cc1Br)c1c[nH]c2cccc(F)c12. The molecule has 2 nitrogen and oxygen atoms in total. The van der Waals surface area contributed by atoms with Crippen molar-refractivity contribution in [3.8, 4) is 0 Å². The Labute approximate surface area is 127 Å². The van der Waals surface area contributed by atoms with E-state index in [0.717, 1.165) is 0 Å². The Balaban J connectivity index is 2.18. The van der Waals surface area contributed by atoms with Gasteiger partial charge in [0.2, 0.25) is 0 Å². The average Bonchev–Trinajstić information content (AvgIpc) is 2.83. The van der Waals surface area contributed by atoms with Gasteiger partial charge in [-0.2, -0.15) is 0 Å². The number of carbonyl (C=O) groups excluding carboxylic acids is 1. The minimum Gasteiger partial charge on any atom is -0.360 e. The Morgan fingerprint density at radius 3 is 2.75 bits per heavy atom. The molecule has 0 saturated heterocycles. The van der Waals surface area contributed by atoms with Crippen molar-refractivity contribution in [1.82, 2.24) is 4.98 Å². The van der Waals surface area contributed by atoms with Crippen LogP contribution < -0.4 is 0 Å². The van der Waals surface area contributed by atoms with Crippen molar-refractivity contribution in [2.45, 2.75) is 0 Å². The van der Waals surface area contributed by atoms with Gasteiger partial charge in [-0.3, -0.25) is 4.79 Å². The fourth-order valence-electron chi connectivity index (χ4n) is 2.14. The van der Waals surface area contributed by atoms with Crippen molar-refractivity contribution in [2.24, 2.45) is 0 Å². The fraction of sp³-hybridized carbons (Fsp3) is 0. The lowest BCUT2D eigenvalue weighted by Crippen LogP contribution is -2.02. The molecule has 0 aliphatic carbocycles. The second-order valence-corrected chi connectivity index (χ2v) is 5.61. The van der Waals surface area contributed by atoms with Gasteiger partial charge in [0, 0.05) is 32.2 Å². The zero-order valence-corrected chi connectivity index (χ0v) is 12.4. The van der Waals surface area contributed by atoms with Crippen LogP contribution in [0.1, 0.15) is 15.9 Å². The number of hydrogen-bond acceptors (Lipinski definition) is 1. The van der Waals surface area contributed by atoms with E-state index < -0.39 is 5.82 Å². The Kier molecular flexibility index (Phi) is 3.36. The Morgan fingerprint density at radius 2 is 2.00 bits per heavy atom. The first kappa shape index (κ1) is 13.3. The van der Waals surface area contributed by atoms with Gasteiger partial charge in [0.1, 0.15) is 5.82 Å². The van der Waals surface area contributed by atoms with Crippen molar-refractivity contribution in [1.29, 1.82) is 0 Å². The molecule has 3 rings (SSSR count). The highest BCUT2D eigenvalue weighted by Crippen LogP contribution is 2.28. The Morgan fingerprint density at radius 1 is 1.20 bits per heavy atom. The molecular formula is C15H8BrClFNO. The van der Waals surface area contributed by atoms with Crippen molar-refractivity contribution in [3.63, 3.8) is 0 Å². The predicted molar refractivity (Wildman–Crippen MR) is 80.8 cm³/mol. The van der Waals surface area contributed by atoms with Crippen LogP contribution in [0, 0.1) is 5.82 Å². The number of halogens is 3. The van der Waals surface area contributed by atoms with Crippen LogP contribution in [0.2, 0.25) is 5.02 Å². The minimum atomic E-state index is -0.419. The van der Waals surface area contributed by atoms with Gasteiger partial charge in [-0.25, -0.2) is 4.39 Å². The van der Waals surface area contributed by atoms with Gasteiger partial charge in [0.25, 0.3) is 0 Å². The number of fused-ring (bicyclic) bond motifs is 1. The number of H-pyrrole nitrogens is 1. The minimum absolute atomic E-state index is 0.259. The van der Waals surface area contributed by atoms with Crippen LogP contribution in [-0.2, 0) is 0 Å². The van der Waals surface area contributed by atoms with Gasteiger partial charge in [-0.15, -0.1) is 0 Å². The zero-order valence-electron chi connectivity index (χ0n) is 10.1. The molecule has 20 heavy (non-hydrogen) atoms. The van der Waals surface area contributed by atoms with Crippen LogP contribution in [0.5, 0.6) is 0 Å². The fourth-order valence-corrected chi connectivity index (χ4v) is 3.00. The number of aromatic amines is 1. The van der Waals surface area contributed by atoms with Crippen LogP contribution >= 0.6 is 27.5 Å². The smallest absolute Gasteiger partial charge is 0.196 e. The molecule has 0 bridgehead atoms. The van der Waals surface area contributed by atoms with Crippen molar-refractivity contribution < 1.29 is 9.18 Å². The number of hydrogen-bond donors (Lipinski definition) is 1. The summed E-state index contributed by atoms with van der Waals surface area (Å²) >= 11 is 9.17. The van der Waals surface area contributed by atoms with Gasteiger partial charge in [0.05, 0.1) is 5.56 Å². The Bertz CT molecular complexity index is 828. The van der Waals surface area contributed by atoms with Crippen LogP contribution in [0.15, 0.2) is 47.1 Å². The summed E-state index contributed by atoms with van der Waals surface area (Å²) < 4.78 is 14.5. The molecule has 0 saturated carbocycles. The van der Waals surface area contributed by atoms with Crippen molar-refractivity contribution >= 4 is 44.2 Å². The first-order chi connectivity index (χ1) is 9.58. The second kappa shape index (κ2) is 5.04. The van der Waals surface area contributed by atoms with E-state index in [1.165, 1.54) is 12.3 Å². The van der Waals surface area contributed by atoms with E-state index in [1.54, 1.807) is 30.3 Å². The van der Waals surface area contributed by atoms with Crippen LogP contribution in [0.25, 0.3) is 10.9 Å². The van der Waals surface area contributed by atoms with Gasteiger partial charge in [-0.05, 0) is 46.3 Å². The molecule has 0 unspecified atom stereocenters. The van der Waals surface area contributed by atoms with E-state index in [0.29, 0.717) is 31.5 Å². The predicted octanol–water partition coefficient (Wildman–Crippen LogP) is 4.95. The first-order valence-corrected chi connectivity index (χ1v) is 7.00. The largest absolute Gasteiger partial charge is 0.360 e. The maximum absolute atomic E-state index is 13.9. The summed E-state index contributed by atoms with van der Waals surface area (Å²) in [6, 6.07) is 9.55. The molecule has 5 heteroatoms. The molecule has 1 N–H and O–H groups in total. The van der Waals surface area contributed by atoms with Gasteiger partial charge >= 0.3 is 0 Å². The molecule has 0 radical (unpaired) electrons. The zero-order chi connectivity index (χ0) is 14.3. The molecule has 1 heterocycles. The summed E-state index contributed by atoms with van der Waals surface area (Å²) in [5.74, 6) is -0.679. The number of carbonyl (C=O) groups is 1. The molecule has 3 aromatic rings. The summed E-state index contributed by atoms with van der Waals surface area (Å²) in [7, 11) is 0. The summed E-state index contributed by atoms with van der Waals surface area (Å²) in [6.07, 6.45) is 1.52. The van der Waals surface area contributed by atoms with Crippen LogP contribution in [0.4, 0.5) is 4.39 Å². The standard InChI is InChI=1S/C15H8BrClFNO/c16-11-6-8(17)4-5-9(11)15(20)10-7-19-13-3-1-2-12(18)14(10)13/h1-7,19H. The highest BCUT2D eigenvalue weighted by Gasteiger charge is 2.18. The van der Waals surface area contributed by atoms with E-state index in [2.05, 4.69) is 20.9 Å². The van der Waals surface area contributed by atoms with E-state index in [4.69, 9.17) is 11.6 Å². The lowest BCUT2D eigenvalue weighted by molar-refractivity contribution is 0.103. The highest BCUT2D eigenvalue weighted by atomic mass is 79.9. The van der Waals surface area contributed by atoms with E-state index in [-0.39, 0.29) is 5.78 Å². The molecule has 0 spiro atoms. The van der Waals surface area contributed by atoms with E-state index in [9.17, 15) is 9.18 Å². The third kappa shape index (κ3) is 2.15. The van der Waals surface area contributed by atoms with Crippen LogP contribution in [-0.4, -0.2) is 10.8 Å². The molecular weight excluding hydrogens is 345 g/mol. The molecule has 0 amide bonds. The quantitative estimate of drug-likeness (QED) is 0.650. The molecule has 0 atom stereocenters. The maximum Gasteiger partial charge on any atom is 0.196 e. The molecule has 100 valence electrons. The summed E-state index contributed by atoms with van der Waals surface area (Å²) in [4.78, 5) is 15.5. The molecule has 2 aromatic carbocycles. The third-order valence-electron chi connectivity index (χ3n) is 3.08. The van der Waals surface area contributed by atoms with Gasteiger partial charge < -0.3 is 4.98 Å². The van der Waals surface area contributed by atoms with Gasteiger partial charge in [-0.1, -0.05) is 17.7 Å². The highest BCUT2D eigenvalue weighted by molar-refractivity contribution is 9.10. The van der Waals surface area contributed by atoms with E-state index in [1.807, 2.05) is 0 Å². The van der Waals surface area contributed by atoms with E-state index >= 15 is 0 Å². The Hall–Kier alpha value is -1.65. The van der Waals surface area contributed by atoms with Crippen molar-refractivity contribution in [3.05, 3.63) is 69.0 Å². The van der Waals surface area contributed by atoms with Crippen molar-refractivity contribution in [2.75, 3.05) is 0 Å².